The Hall–Kier alpha value is -1.43. The van der Waals surface area contributed by atoms with Gasteiger partial charge >= 0.3 is 0 Å². The topological polar surface area (TPSA) is 71.3 Å². The molecule has 2 aliphatic rings. The summed E-state index contributed by atoms with van der Waals surface area (Å²) in [6.45, 7) is 6.95. The second-order valence-corrected chi connectivity index (χ2v) is 6.79. The fourth-order valence-corrected chi connectivity index (χ4v) is 3.40. The van der Waals surface area contributed by atoms with Gasteiger partial charge in [-0.2, -0.15) is 4.98 Å². The number of rotatable bonds is 4. The van der Waals surface area contributed by atoms with Gasteiger partial charge in [0.05, 0.1) is 6.04 Å². The molecule has 1 atom stereocenters. The molecule has 6 heteroatoms. The van der Waals surface area contributed by atoms with Gasteiger partial charge in [0.1, 0.15) is 0 Å². The number of likely N-dealkylation sites (tertiary alicyclic amines) is 1. The Labute approximate surface area is 131 Å². The molecule has 3 heterocycles. The summed E-state index contributed by atoms with van der Waals surface area (Å²) in [6.07, 6.45) is 4.82. The maximum Gasteiger partial charge on any atom is 0.229 e. The van der Waals surface area contributed by atoms with Gasteiger partial charge in [-0.1, -0.05) is 19.0 Å². The second kappa shape index (κ2) is 6.77. The number of hydrogen-bond acceptors (Lipinski definition) is 5. The van der Waals surface area contributed by atoms with Gasteiger partial charge in [0.2, 0.25) is 11.8 Å². The van der Waals surface area contributed by atoms with Crippen LogP contribution in [0, 0.1) is 5.92 Å². The molecule has 1 amide bonds. The van der Waals surface area contributed by atoms with Crippen molar-refractivity contribution in [3.8, 4) is 0 Å². The van der Waals surface area contributed by atoms with Gasteiger partial charge in [0, 0.05) is 18.9 Å². The van der Waals surface area contributed by atoms with Crippen LogP contribution in [-0.4, -0.2) is 40.6 Å². The summed E-state index contributed by atoms with van der Waals surface area (Å²) in [5.41, 5.74) is 0. The molecule has 0 bridgehead atoms. The molecule has 0 radical (unpaired) electrons. The van der Waals surface area contributed by atoms with Crippen LogP contribution in [0.4, 0.5) is 0 Å². The average Bonchev–Trinajstić information content (AvgIpc) is 3.17. The zero-order valence-electron chi connectivity index (χ0n) is 13.5. The van der Waals surface area contributed by atoms with Crippen LogP contribution in [0.3, 0.4) is 0 Å². The van der Waals surface area contributed by atoms with E-state index >= 15 is 0 Å². The molecule has 0 spiro atoms. The van der Waals surface area contributed by atoms with Crippen molar-refractivity contribution in [2.75, 3.05) is 19.6 Å². The van der Waals surface area contributed by atoms with E-state index in [0.29, 0.717) is 24.1 Å². The maximum atomic E-state index is 12.7. The van der Waals surface area contributed by atoms with Gasteiger partial charge in [-0.15, -0.1) is 0 Å². The van der Waals surface area contributed by atoms with Crippen LogP contribution >= 0.6 is 0 Å². The van der Waals surface area contributed by atoms with E-state index in [-0.39, 0.29) is 17.9 Å². The van der Waals surface area contributed by atoms with Crippen LogP contribution in [0.15, 0.2) is 4.52 Å². The minimum Gasteiger partial charge on any atom is -0.339 e. The molecule has 0 aliphatic carbocycles. The summed E-state index contributed by atoms with van der Waals surface area (Å²) >= 11 is 0. The van der Waals surface area contributed by atoms with Crippen molar-refractivity contribution in [1.82, 2.24) is 20.4 Å². The lowest BCUT2D eigenvalue weighted by Crippen LogP contribution is -2.35. The molecule has 2 saturated heterocycles. The molecule has 22 heavy (non-hydrogen) atoms. The summed E-state index contributed by atoms with van der Waals surface area (Å²) in [5, 5.41) is 7.46. The van der Waals surface area contributed by atoms with E-state index in [1.54, 1.807) is 0 Å². The van der Waals surface area contributed by atoms with Crippen molar-refractivity contribution < 1.29 is 9.32 Å². The molecule has 1 aromatic heterocycles. The third-order valence-corrected chi connectivity index (χ3v) is 4.74. The number of piperidine rings is 1. The molecule has 0 unspecified atom stereocenters. The van der Waals surface area contributed by atoms with Crippen molar-refractivity contribution in [2.45, 2.75) is 57.9 Å². The van der Waals surface area contributed by atoms with Crippen molar-refractivity contribution >= 4 is 5.91 Å². The van der Waals surface area contributed by atoms with Gasteiger partial charge in [0.25, 0.3) is 0 Å². The molecule has 0 aromatic carbocycles. The van der Waals surface area contributed by atoms with Crippen LogP contribution in [0.1, 0.15) is 69.6 Å². The van der Waals surface area contributed by atoms with E-state index < -0.39 is 0 Å². The molecule has 1 N–H and O–H groups in total. The highest BCUT2D eigenvalue weighted by Crippen LogP contribution is 2.32. The summed E-state index contributed by atoms with van der Waals surface area (Å²) in [5.74, 6) is 2.34. The summed E-state index contributed by atoms with van der Waals surface area (Å²) in [6, 6.07) is 0.00506. The Bertz CT molecular complexity index is 508. The number of nitrogens with one attached hydrogen (secondary N) is 1. The minimum atomic E-state index is 0.00506. The van der Waals surface area contributed by atoms with Crippen molar-refractivity contribution in [3.63, 3.8) is 0 Å². The summed E-state index contributed by atoms with van der Waals surface area (Å²) < 4.78 is 5.31. The summed E-state index contributed by atoms with van der Waals surface area (Å²) in [7, 11) is 0. The number of nitrogens with zero attached hydrogens (tertiary/aromatic N) is 3. The minimum absolute atomic E-state index is 0.00506. The standard InChI is InChI=1S/C16H26N4O2/c1-11(2)16-18-15(19-22-16)13-4-3-9-20(13)14(21)10-12-5-7-17-8-6-12/h11-13,17H,3-10H2,1-2H3/t13-/m0/s1. The molecule has 3 rings (SSSR count). The molecule has 122 valence electrons. The quantitative estimate of drug-likeness (QED) is 0.923. The number of amides is 1. The van der Waals surface area contributed by atoms with Crippen molar-refractivity contribution in [2.24, 2.45) is 5.92 Å². The highest BCUT2D eigenvalue weighted by Gasteiger charge is 2.34. The van der Waals surface area contributed by atoms with Gasteiger partial charge < -0.3 is 14.7 Å². The van der Waals surface area contributed by atoms with E-state index in [2.05, 4.69) is 15.5 Å². The van der Waals surface area contributed by atoms with Crippen LogP contribution in [0.2, 0.25) is 0 Å². The van der Waals surface area contributed by atoms with Gasteiger partial charge in [-0.3, -0.25) is 4.79 Å². The first-order chi connectivity index (χ1) is 10.6. The number of carbonyl (C=O) groups excluding carboxylic acids is 1. The highest BCUT2D eigenvalue weighted by atomic mass is 16.5. The van der Waals surface area contributed by atoms with Crippen molar-refractivity contribution in [3.05, 3.63) is 11.7 Å². The van der Waals surface area contributed by atoms with Gasteiger partial charge in [0.15, 0.2) is 5.82 Å². The lowest BCUT2D eigenvalue weighted by molar-refractivity contribution is -0.133. The van der Waals surface area contributed by atoms with E-state index in [0.717, 1.165) is 45.3 Å². The number of hydrogen-bond donors (Lipinski definition) is 1. The molecular formula is C16H26N4O2. The lowest BCUT2D eigenvalue weighted by Gasteiger charge is -2.27. The molecular weight excluding hydrogens is 280 g/mol. The molecule has 2 aliphatic heterocycles. The smallest absolute Gasteiger partial charge is 0.229 e. The van der Waals surface area contributed by atoms with Crippen LogP contribution < -0.4 is 5.32 Å². The second-order valence-electron chi connectivity index (χ2n) is 6.79. The Morgan fingerprint density at radius 3 is 2.82 bits per heavy atom. The first-order valence-electron chi connectivity index (χ1n) is 8.49. The van der Waals surface area contributed by atoms with E-state index in [1.165, 1.54) is 0 Å². The van der Waals surface area contributed by atoms with Crippen LogP contribution in [-0.2, 0) is 4.79 Å². The predicted molar refractivity (Wildman–Crippen MR) is 82.3 cm³/mol. The zero-order valence-corrected chi connectivity index (χ0v) is 13.5. The monoisotopic (exact) mass is 306 g/mol. The Morgan fingerprint density at radius 2 is 2.14 bits per heavy atom. The van der Waals surface area contributed by atoms with Crippen LogP contribution in [0.25, 0.3) is 0 Å². The Morgan fingerprint density at radius 1 is 1.36 bits per heavy atom. The normalized spacial score (nSPS) is 23.4. The fourth-order valence-electron chi connectivity index (χ4n) is 3.40. The van der Waals surface area contributed by atoms with Gasteiger partial charge in [-0.25, -0.2) is 0 Å². The fraction of sp³-hybridized carbons (Fsp3) is 0.812. The predicted octanol–water partition coefficient (Wildman–Crippen LogP) is 2.25. The number of aromatic nitrogens is 2. The molecule has 0 saturated carbocycles. The summed E-state index contributed by atoms with van der Waals surface area (Å²) in [4.78, 5) is 19.1. The molecule has 2 fully saturated rings. The van der Waals surface area contributed by atoms with E-state index in [1.807, 2.05) is 18.7 Å². The maximum absolute atomic E-state index is 12.7. The van der Waals surface area contributed by atoms with E-state index in [9.17, 15) is 4.79 Å². The van der Waals surface area contributed by atoms with Crippen LogP contribution in [0.5, 0.6) is 0 Å². The van der Waals surface area contributed by atoms with E-state index in [4.69, 9.17) is 4.52 Å². The third kappa shape index (κ3) is 3.32. The largest absolute Gasteiger partial charge is 0.339 e. The Kier molecular flexibility index (Phi) is 4.76. The molecule has 1 aromatic rings. The van der Waals surface area contributed by atoms with Gasteiger partial charge in [-0.05, 0) is 44.7 Å². The molecule has 6 nitrogen and oxygen atoms in total. The lowest BCUT2D eigenvalue weighted by atomic mass is 9.94. The first kappa shape index (κ1) is 15.5. The first-order valence-corrected chi connectivity index (χ1v) is 8.49. The Balaban J connectivity index is 1.65. The van der Waals surface area contributed by atoms with Crippen molar-refractivity contribution in [1.29, 1.82) is 0 Å². The third-order valence-electron chi connectivity index (χ3n) is 4.74. The zero-order chi connectivity index (χ0) is 15.5. The highest BCUT2D eigenvalue weighted by molar-refractivity contribution is 5.77. The number of carbonyl (C=O) groups is 1. The average molecular weight is 306 g/mol. The SMILES string of the molecule is CC(C)c1nc([C@@H]2CCCN2C(=O)CC2CCNCC2)no1.